The number of hydrogen-bond acceptors (Lipinski definition) is 4. The van der Waals surface area contributed by atoms with E-state index in [4.69, 9.17) is 16.3 Å². The molecule has 1 fully saturated rings. The highest BCUT2D eigenvalue weighted by atomic mass is 127. The van der Waals surface area contributed by atoms with Gasteiger partial charge in [0, 0.05) is 31.2 Å². The summed E-state index contributed by atoms with van der Waals surface area (Å²) in [5.74, 6) is 1.14. The summed E-state index contributed by atoms with van der Waals surface area (Å²) in [7, 11) is -3.70. The van der Waals surface area contributed by atoms with Gasteiger partial charge in [0.2, 0.25) is 0 Å². The van der Waals surface area contributed by atoms with Crippen molar-refractivity contribution in [2.75, 3.05) is 33.3 Å². The Hall–Kier alpha value is -0.990. The van der Waals surface area contributed by atoms with E-state index in [0.29, 0.717) is 34.2 Å². The molecule has 0 spiro atoms. The zero-order valence-corrected chi connectivity index (χ0v) is 19.5. The van der Waals surface area contributed by atoms with Crippen LogP contribution in [0.25, 0.3) is 0 Å². The highest BCUT2D eigenvalue weighted by molar-refractivity contribution is 14.0. The summed E-state index contributed by atoms with van der Waals surface area (Å²) < 4.78 is 66.7. The quantitative estimate of drug-likeness (QED) is 0.238. The van der Waals surface area contributed by atoms with Crippen LogP contribution in [-0.2, 0) is 10.0 Å². The van der Waals surface area contributed by atoms with Gasteiger partial charge in [0.15, 0.2) is 5.96 Å². The van der Waals surface area contributed by atoms with Crippen molar-refractivity contribution in [3.63, 3.8) is 0 Å². The van der Waals surface area contributed by atoms with E-state index >= 15 is 0 Å². The molecule has 0 radical (unpaired) electrons. The minimum atomic E-state index is -5.27. The minimum Gasteiger partial charge on any atom is -0.492 e. The summed E-state index contributed by atoms with van der Waals surface area (Å²) in [6, 6.07) is 6.76. The normalized spacial score (nSPS) is 16.8. The van der Waals surface area contributed by atoms with Gasteiger partial charge in [0.05, 0.1) is 6.54 Å². The zero-order chi connectivity index (χ0) is 20.8. The van der Waals surface area contributed by atoms with Crippen LogP contribution < -0.4 is 15.4 Å². The lowest BCUT2D eigenvalue weighted by molar-refractivity contribution is -0.0494. The molecule has 2 rings (SSSR count). The molecule has 1 aromatic carbocycles. The van der Waals surface area contributed by atoms with Gasteiger partial charge in [-0.25, -0.2) is 8.42 Å². The Balaban J connectivity index is 0.00000420. The highest BCUT2D eigenvalue weighted by Crippen LogP contribution is 2.28. The van der Waals surface area contributed by atoms with Crippen LogP contribution in [0.1, 0.15) is 12.8 Å². The molecule has 166 valence electrons. The number of guanidine groups is 1. The van der Waals surface area contributed by atoms with Crippen molar-refractivity contribution in [2.45, 2.75) is 24.4 Å². The Morgan fingerprint density at radius 3 is 2.38 bits per heavy atom. The van der Waals surface area contributed by atoms with Crippen LogP contribution in [-0.4, -0.2) is 63.5 Å². The number of nitrogens with one attached hydrogen (secondary N) is 2. The molecule has 2 N–H and O–H groups in total. The molecule has 1 aliphatic rings. The molecule has 0 bridgehead atoms. The van der Waals surface area contributed by atoms with E-state index in [-0.39, 0.29) is 55.9 Å². The third-order valence-corrected chi connectivity index (χ3v) is 6.01. The van der Waals surface area contributed by atoms with Gasteiger partial charge in [-0.05, 0) is 37.1 Å². The molecule has 1 aliphatic heterocycles. The number of piperidine rings is 1. The molecular formula is C16H23ClF3IN4O3S. The molecule has 1 heterocycles. The van der Waals surface area contributed by atoms with E-state index in [1.807, 2.05) is 0 Å². The fourth-order valence-corrected chi connectivity index (χ4v) is 3.75. The van der Waals surface area contributed by atoms with Crippen molar-refractivity contribution in [3.05, 3.63) is 29.3 Å². The number of aliphatic imine (C=N–C) groups is 1. The smallest absolute Gasteiger partial charge is 0.492 e. The zero-order valence-electron chi connectivity index (χ0n) is 15.6. The van der Waals surface area contributed by atoms with Gasteiger partial charge in [-0.15, -0.1) is 24.0 Å². The van der Waals surface area contributed by atoms with Crippen LogP contribution in [0.15, 0.2) is 29.3 Å². The summed E-state index contributed by atoms with van der Waals surface area (Å²) in [5, 5.41) is 6.74. The summed E-state index contributed by atoms with van der Waals surface area (Å²) in [6.45, 7) is 0.417. The molecule has 0 saturated carbocycles. The predicted molar refractivity (Wildman–Crippen MR) is 116 cm³/mol. The first-order valence-electron chi connectivity index (χ1n) is 8.55. The number of halogens is 5. The number of ether oxygens (including phenoxy) is 1. The number of nitrogens with zero attached hydrogens (tertiary/aromatic N) is 2. The maximum Gasteiger partial charge on any atom is 0.511 e. The number of sulfonamides is 1. The lowest BCUT2D eigenvalue weighted by atomic mass is 10.1. The Morgan fingerprint density at radius 2 is 1.86 bits per heavy atom. The summed E-state index contributed by atoms with van der Waals surface area (Å²) in [6.07, 6.45) is 0.495. The van der Waals surface area contributed by atoms with E-state index in [1.165, 1.54) is 0 Å². The van der Waals surface area contributed by atoms with Gasteiger partial charge in [0.25, 0.3) is 0 Å². The third-order valence-electron chi connectivity index (χ3n) is 4.13. The lowest BCUT2D eigenvalue weighted by Crippen LogP contribution is -2.52. The SMILES string of the molecule is CN=C(NCCOc1ccc(Cl)cc1)NC1CCN(S(=O)(=O)C(F)(F)F)CC1.I. The molecule has 0 atom stereocenters. The molecule has 1 aromatic rings. The first-order chi connectivity index (χ1) is 13.1. The molecule has 0 aliphatic carbocycles. The topological polar surface area (TPSA) is 83.0 Å². The van der Waals surface area contributed by atoms with Gasteiger partial charge in [-0.1, -0.05) is 11.6 Å². The average Bonchev–Trinajstić information content (AvgIpc) is 2.65. The van der Waals surface area contributed by atoms with Crippen LogP contribution in [0, 0.1) is 0 Å². The first-order valence-corrected chi connectivity index (χ1v) is 10.4. The number of benzene rings is 1. The van der Waals surface area contributed by atoms with Crippen molar-refractivity contribution in [1.82, 2.24) is 14.9 Å². The fourth-order valence-electron chi connectivity index (χ4n) is 2.64. The average molecular weight is 571 g/mol. The van der Waals surface area contributed by atoms with E-state index < -0.39 is 15.5 Å². The molecule has 0 unspecified atom stereocenters. The van der Waals surface area contributed by atoms with Gasteiger partial charge in [-0.3, -0.25) is 4.99 Å². The van der Waals surface area contributed by atoms with E-state index in [1.54, 1.807) is 31.3 Å². The minimum absolute atomic E-state index is 0. The van der Waals surface area contributed by atoms with Gasteiger partial charge < -0.3 is 15.4 Å². The Kier molecular flexibility index (Phi) is 10.3. The van der Waals surface area contributed by atoms with E-state index in [0.717, 1.165) is 0 Å². The largest absolute Gasteiger partial charge is 0.511 e. The molecule has 29 heavy (non-hydrogen) atoms. The first kappa shape index (κ1) is 26.0. The van der Waals surface area contributed by atoms with Crippen molar-refractivity contribution < 1.29 is 26.3 Å². The van der Waals surface area contributed by atoms with Gasteiger partial charge in [0.1, 0.15) is 12.4 Å². The molecule has 0 amide bonds. The van der Waals surface area contributed by atoms with Crippen molar-refractivity contribution in [2.24, 2.45) is 4.99 Å². The van der Waals surface area contributed by atoms with Crippen LogP contribution in [0.5, 0.6) is 5.75 Å². The molecule has 1 saturated heterocycles. The Morgan fingerprint density at radius 1 is 1.28 bits per heavy atom. The number of rotatable bonds is 6. The summed E-state index contributed by atoms with van der Waals surface area (Å²) in [4.78, 5) is 4.05. The van der Waals surface area contributed by atoms with Gasteiger partial charge in [-0.2, -0.15) is 17.5 Å². The van der Waals surface area contributed by atoms with E-state index in [9.17, 15) is 21.6 Å². The maximum absolute atomic E-state index is 12.6. The van der Waals surface area contributed by atoms with Crippen LogP contribution >= 0.6 is 35.6 Å². The van der Waals surface area contributed by atoms with Crippen molar-refractivity contribution in [3.8, 4) is 5.75 Å². The molecule has 0 aromatic heterocycles. The second-order valence-corrected chi connectivity index (χ2v) is 8.44. The van der Waals surface area contributed by atoms with Gasteiger partial charge >= 0.3 is 15.5 Å². The van der Waals surface area contributed by atoms with Crippen LogP contribution in [0.3, 0.4) is 0 Å². The summed E-state index contributed by atoms with van der Waals surface area (Å²) in [5.41, 5.74) is -5.27. The second kappa shape index (κ2) is 11.4. The molecule has 13 heteroatoms. The third kappa shape index (κ3) is 7.64. The Bertz CT molecular complexity index is 771. The molecular weight excluding hydrogens is 548 g/mol. The summed E-state index contributed by atoms with van der Waals surface area (Å²) >= 11 is 5.80. The molecule has 7 nitrogen and oxygen atoms in total. The van der Waals surface area contributed by atoms with Crippen LogP contribution in [0.2, 0.25) is 5.02 Å². The Labute approximate surface area is 190 Å². The maximum atomic E-state index is 12.6. The standard InChI is InChI=1S/C16H22ClF3N4O3S.HI/c1-21-15(22-8-11-27-14-4-2-12(17)3-5-14)23-13-6-9-24(10-7-13)28(25,26)16(18,19)20;/h2-5,13H,6-11H2,1H3,(H2,21,22,23);1H. The van der Waals surface area contributed by atoms with Crippen molar-refractivity contribution >= 4 is 51.6 Å². The monoisotopic (exact) mass is 570 g/mol. The van der Waals surface area contributed by atoms with Crippen LogP contribution in [0.4, 0.5) is 13.2 Å². The van der Waals surface area contributed by atoms with E-state index in [2.05, 4.69) is 15.6 Å². The number of alkyl halides is 3. The number of hydrogen-bond donors (Lipinski definition) is 2. The lowest BCUT2D eigenvalue weighted by Gasteiger charge is -2.32. The second-order valence-electron chi connectivity index (χ2n) is 6.07. The fraction of sp³-hybridized carbons (Fsp3) is 0.562. The predicted octanol–water partition coefficient (Wildman–Crippen LogP) is 2.82. The highest BCUT2D eigenvalue weighted by Gasteiger charge is 2.50. The van der Waals surface area contributed by atoms with Crippen molar-refractivity contribution in [1.29, 1.82) is 0 Å².